The van der Waals surface area contributed by atoms with Crippen molar-refractivity contribution in [3.05, 3.63) is 5.82 Å². The third kappa shape index (κ3) is 2.64. The van der Waals surface area contributed by atoms with Gasteiger partial charge in [0.05, 0.1) is 18.6 Å². The fourth-order valence-electron chi connectivity index (χ4n) is 1.58. The second-order valence-electron chi connectivity index (χ2n) is 4.18. The summed E-state index contributed by atoms with van der Waals surface area (Å²) in [4.78, 5) is 6.75. The van der Waals surface area contributed by atoms with Crippen molar-refractivity contribution in [1.82, 2.24) is 9.36 Å². The molecule has 0 radical (unpaired) electrons. The summed E-state index contributed by atoms with van der Waals surface area (Å²) in [5, 5.41) is 0.988. The quantitative estimate of drug-likeness (QED) is 0.781. The number of hydrogen-bond donors (Lipinski definition) is 0. The summed E-state index contributed by atoms with van der Waals surface area (Å²) in [6.07, 6.45) is 0.113. The molecule has 1 aromatic rings. The van der Waals surface area contributed by atoms with Crippen molar-refractivity contribution in [1.29, 1.82) is 0 Å². The van der Waals surface area contributed by atoms with Gasteiger partial charge >= 0.3 is 0 Å². The van der Waals surface area contributed by atoms with Crippen LogP contribution in [-0.4, -0.2) is 41.0 Å². The zero-order chi connectivity index (χ0) is 11.5. The predicted octanol–water partition coefficient (Wildman–Crippen LogP) is 2.11. The maximum Gasteiger partial charge on any atom is 0.205 e. The van der Waals surface area contributed by atoms with Gasteiger partial charge in [0.2, 0.25) is 5.13 Å². The van der Waals surface area contributed by atoms with Gasteiger partial charge in [-0.3, -0.25) is 0 Å². The van der Waals surface area contributed by atoms with Crippen LogP contribution in [0.15, 0.2) is 0 Å². The highest BCUT2D eigenvalue weighted by Gasteiger charge is 2.22. The zero-order valence-corrected chi connectivity index (χ0v) is 11.1. The number of aromatic nitrogens is 2. The molecule has 0 aromatic carbocycles. The van der Waals surface area contributed by atoms with Crippen LogP contribution < -0.4 is 4.90 Å². The van der Waals surface area contributed by atoms with Gasteiger partial charge in [0.15, 0.2) is 0 Å². The molecule has 0 spiro atoms. The number of halogens is 1. The minimum absolute atomic E-state index is 0.113. The van der Waals surface area contributed by atoms with Crippen LogP contribution in [0.4, 0.5) is 5.13 Å². The van der Waals surface area contributed by atoms with Crippen molar-refractivity contribution < 1.29 is 4.74 Å². The molecular weight excluding hydrogens is 246 g/mol. The molecule has 1 aliphatic heterocycles. The van der Waals surface area contributed by atoms with Crippen molar-refractivity contribution in [2.75, 3.05) is 30.5 Å². The smallest absolute Gasteiger partial charge is 0.205 e. The van der Waals surface area contributed by atoms with Gasteiger partial charge < -0.3 is 9.64 Å². The Hall–Kier alpha value is -0.390. The van der Waals surface area contributed by atoms with Gasteiger partial charge in [-0.25, -0.2) is 4.98 Å². The normalized spacial score (nSPS) is 21.8. The minimum atomic E-state index is 0.113. The van der Waals surface area contributed by atoms with Crippen molar-refractivity contribution in [2.24, 2.45) is 0 Å². The van der Waals surface area contributed by atoms with E-state index >= 15 is 0 Å². The van der Waals surface area contributed by atoms with Crippen LogP contribution in [0.1, 0.15) is 25.6 Å². The second kappa shape index (κ2) is 5.29. The van der Waals surface area contributed by atoms with Crippen LogP contribution in [0.5, 0.6) is 0 Å². The summed E-state index contributed by atoms with van der Waals surface area (Å²) in [6, 6.07) is 0. The van der Waals surface area contributed by atoms with E-state index in [2.05, 4.69) is 28.1 Å². The SMILES string of the molecule is CC(C)c1nsc(N2CCOC(CCl)C2)n1. The van der Waals surface area contributed by atoms with Crippen LogP contribution >= 0.6 is 23.1 Å². The molecule has 0 aliphatic carbocycles. The molecule has 1 atom stereocenters. The van der Waals surface area contributed by atoms with E-state index in [0.717, 1.165) is 24.0 Å². The Kier molecular flexibility index (Phi) is 4.00. The van der Waals surface area contributed by atoms with Gasteiger partial charge in [0.25, 0.3) is 0 Å². The Labute approximate surface area is 105 Å². The van der Waals surface area contributed by atoms with E-state index in [1.54, 1.807) is 0 Å². The summed E-state index contributed by atoms with van der Waals surface area (Å²) in [6.45, 7) is 6.61. The van der Waals surface area contributed by atoms with Gasteiger partial charge in [-0.15, -0.1) is 11.6 Å². The standard InChI is InChI=1S/C10H16ClN3OS/c1-7(2)9-12-10(16-13-9)14-3-4-15-8(5-11)6-14/h7-8H,3-6H2,1-2H3. The largest absolute Gasteiger partial charge is 0.373 e. The van der Waals surface area contributed by atoms with E-state index < -0.39 is 0 Å². The number of rotatable bonds is 3. The topological polar surface area (TPSA) is 38.2 Å². The number of ether oxygens (including phenoxy) is 1. The lowest BCUT2D eigenvalue weighted by molar-refractivity contribution is 0.0554. The Morgan fingerprint density at radius 1 is 1.62 bits per heavy atom. The van der Waals surface area contributed by atoms with Crippen LogP contribution in [-0.2, 0) is 4.74 Å². The summed E-state index contributed by atoms with van der Waals surface area (Å²) in [5.41, 5.74) is 0. The second-order valence-corrected chi connectivity index (χ2v) is 5.22. The lowest BCUT2D eigenvalue weighted by Crippen LogP contribution is -2.43. The molecule has 0 saturated carbocycles. The molecule has 0 bridgehead atoms. The Balaban J connectivity index is 2.05. The maximum absolute atomic E-state index is 5.80. The molecule has 2 heterocycles. The highest BCUT2D eigenvalue weighted by atomic mass is 35.5. The molecule has 1 unspecified atom stereocenters. The predicted molar refractivity (Wildman–Crippen MR) is 66.7 cm³/mol. The van der Waals surface area contributed by atoms with Gasteiger partial charge in [0, 0.05) is 30.5 Å². The highest BCUT2D eigenvalue weighted by Crippen LogP contribution is 2.23. The summed E-state index contributed by atoms with van der Waals surface area (Å²) in [5.74, 6) is 1.84. The summed E-state index contributed by atoms with van der Waals surface area (Å²) >= 11 is 7.27. The molecular formula is C10H16ClN3OS. The fourth-order valence-corrected chi connectivity index (χ4v) is 2.60. The first-order valence-electron chi connectivity index (χ1n) is 5.47. The van der Waals surface area contributed by atoms with Crippen LogP contribution in [0, 0.1) is 0 Å². The first-order valence-corrected chi connectivity index (χ1v) is 6.77. The fraction of sp³-hybridized carbons (Fsp3) is 0.800. The molecule has 1 aromatic heterocycles. The molecule has 90 valence electrons. The Morgan fingerprint density at radius 3 is 3.06 bits per heavy atom. The minimum Gasteiger partial charge on any atom is -0.373 e. The average molecular weight is 262 g/mol. The molecule has 0 amide bonds. The lowest BCUT2D eigenvalue weighted by Gasteiger charge is -2.31. The molecule has 1 fully saturated rings. The Morgan fingerprint density at radius 2 is 2.44 bits per heavy atom. The maximum atomic E-state index is 5.80. The zero-order valence-electron chi connectivity index (χ0n) is 9.52. The number of morpholine rings is 1. The molecule has 1 aliphatic rings. The molecule has 6 heteroatoms. The van der Waals surface area contributed by atoms with E-state index in [0.29, 0.717) is 18.4 Å². The number of anilines is 1. The molecule has 16 heavy (non-hydrogen) atoms. The third-order valence-electron chi connectivity index (χ3n) is 2.53. The average Bonchev–Trinajstić information content (AvgIpc) is 2.78. The van der Waals surface area contributed by atoms with Gasteiger partial charge in [0.1, 0.15) is 5.82 Å². The van der Waals surface area contributed by atoms with Gasteiger partial charge in [-0.05, 0) is 0 Å². The van der Waals surface area contributed by atoms with E-state index in [9.17, 15) is 0 Å². The molecule has 4 nitrogen and oxygen atoms in total. The summed E-state index contributed by atoms with van der Waals surface area (Å²) < 4.78 is 9.87. The van der Waals surface area contributed by atoms with E-state index in [4.69, 9.17) is 16.3 Å². The number of nitrogens with zero attached hydrogens (tertiary/aromatic N) is 3. The molecule has 1 saturated heterocycles. The van der Waals surface area contributed by atoms with Gasteiger partial charge in [-0.1, -0.05) is 13.8 Å². The number of hydrogen-bond acceptors (Lipinski definition) is 5. The van der Waals surface area contributed by atoms with Crippen molar-refractivity contribution >= 4 is 28.3 Å². The van der Waals surface area contributed by atoms with E-state index in [1.807, 2.05) is 0 Å². The van der Waals surface area contributed by atoms with Gasteiger partial charge in [-0.2, -0.15) is 4.37 Å². The van der Waals surface area contributed by atoms with Crippen LogP contribution in [0.3, 0.4) is 0 Å². The monoisotopic (exact) mass is 261 g/mol. The summed E-state index contributed by atoms with van der Waals surface area (Å²) in [7, 11) is 0. The van der Waals surface area contributed by atoms with E-state index in [1.165, 1.54) is 11.5 Å². The van der Waals surface area contributed by atoms with Crippen LogP contribution in [0.25, 0.3) is 0 Å². The van der Waals surface area contributed by atoms with Crippen molar-refractivity contribution in [3.63, 3.8) is 0 Å². The number of alkyl halides is 1. The lowest BCUT2D eigenvalue weighted by atomic mass is 10.2. The highest BCUT2D eigenvalue weighted by molar-refractivity contribution is 7.09. The molecule has 2 rings (SSSR count). The van der Waals surface area contributed by atoms with Crippen LogP contribution in [0.2, 0.25) is 0 Å². The first-order chi connectivity index (χ1) is 7.70. The molecule has 0 N–H and O–H groups in total. The Bertz CT molecular complexity index is 345. The van der Waals surface area contributed by atoms with Crippen molar-refractivity contribution in [2.45, 2.75) is 25.9 Å². The van der Waals surface area contributed by atoms with Crippen molar-refractivity contribution in [3.8, 4) is 0 Å². The van der Waals surface area contributed by atoms with E-state index in [-0.39, 0.29) is 6.10 Å². The third-order valence-corrected chi connectivity index (χ3v) is 3.66. The first kappa shape index (κ1) is 12.1.